The first-order chi connectivity index (χ1) is 14.3. The molecule has 6 heteroatoms. The minimum absolute atomic E-state index is 0.0377. The van der Waals surface area contributed by atoms with Crippen LogP contribution in [0.5, 0.6) is 11.5 Å². The van der Waals surface area contributed by atoms with E-state index in [1.807, 2.05) is 41.3 Å². The van der Waals surface area contributed by atoms with E-state index in [1.165, 1.54) is 0 Å². The van der Waals surface area contributed by atoms with E-state index in [0.717, 1.165) is 35.5 Å². The van der Waals surface area contributed by atoms with Gasteiger partial charge in [0.1, 0.15) is 12.2 Å². The summed E-state index contributed by atoms with van der Waals surface area (Å²) < 4.78 is 22.9. The molecule has 2 atom stereocenters. The monoisotopic (exact) mass is 395 g/mol. The summed E-state index contributed by atoms with van der Waals surface area (Å²) >= 11 is 0. The van der Waals surface area contributed by atoms with Crippen molar-refractivity contribution in [3.63, 3.8) is 0 Å². The zero-order valence-corrected chi connectivity index (χ0v) is 16.3. The Morgan fingerprint density at radius 3 is 2.38 bits per heavy atom. The van der Waals surface area contributed by atoms with Crippen molar-refractivity contribution in [1.82, 2.24) is 4.90 Å². The second-order valence-electron chi connectivity index (χ2n) is 7.77. The molecule has 2 aromatic carbocycles. The van der Waals surface area contributed by atoms with Gasteiger partial charge in [0.15, 0.2) is 11.5 Å². The van der Waals surface area contributed by atoms with Crippen LogP contribution in [0.15, 0.2) is 48.5 Å². The van der Waals surface area contributed by atoms with E-state index in [0.29, 0.717) is 26.3 Å². The third kappa shape index (κ3) is 3.82. The zero-order valence-electron chi connectivity index (χ0n) is 16.3. The molecule has 0 radical (unpaired) electrons. The lowest BCUT2D eigenvalue weighted by atomic mass is 9.96. The first-order valence-corrected chi connectivity index (χ1v) is 10.2. The Kier molecular flexibility index (Phi) is 5.12. The van der Waals surface area contributed by atoms with Crippen LogP contribution in [-0.4, -0.2) is 43.9 Å². The molecule has 2 aromatic rings. The SMILES string of the molecule is O=C(C1CCOCC1)N1C[C@@H](c2ccccc2)O[C@@H](c2ccc3c(c2)OCO3)C1. The second-order valence-corrected chi connectivity index (χ2v) is 7.77. The third-order valence-electron chi connectivity index (χ3n) is 5.92. The van der Waals surface area contributed by atoms with Gasteiger partial charge in [0, 0.05) is 19.1 Å². The van der Waals surface area contributed by atoms with Crippen LogP contribution >= 0.6 is 0 Å². The van der Waals surface area contributed by atoms with E-state index in [9.17, 15) is 4.79 Å². The first-order valence-electron chi connectivity index (χ1n) is 10.2. The van der Waals surface area contributed by atoms with Gasteiger partial charge in [0.25, 0.3) is 0 Å². The standard InChI is InChI=1S/C23H25NO5/c25-23(17-8-10-26-11-9-17)24-13-21(16-4-2-1-3-5-16)29-22(14-24)18-6-7-19-20(12-18)28-15-27-19/h1-7,12,17,21-22H,8-11,13-15H2/t21-,22+/m0/s1. The van der Waals surface area contributed by atoms with Crippen molar-refractivity contribution in [1.29, 1.82) is 0 Å². The number of carbonyl (C=O) groups excluding carboxylic acids is 1. The summed E-state index contributed by atoms with van der Waals surface area (Å²) in [5, 5.41) is 0. The number of amides is 1. The summed E-state index contributed by atoms with van der Waals surface area (Å²) in [7, 11) is 0. The van der Waals surface area contributed by atoms with Crippen molar-refractivity contribution >= 4 is 5.91 Å². The van der Waals surface area contributed by atoms with Gasteiger partial charge in [-0.05, 0) is 36.1 Å². The van der Waals surface area contributed by atoms with Crippen molar-refractivity contribution < 1.29 is 23.7 Å². The van der Waals surface area contributed by atoms with Gasteiger partial charge >= 0.3 is 0 Å². The minimum atomic E-state index is -0.216. The second kappa shape index (κ2) is 8.05. The fourth-order valence-electron chi connectivity index (χ4n) is 4.29. The molecule has 3 aliphatic heterocycles. The summed E-state index contributed by atoms with van der Waals surface area (Å²) in [5.41, 5.74) is 2.09. The largest absolute Gasteiger partial charge is 0.454 e. The maximum Gasteiger partial charge on any atom is 0.231 e. The van der Waals surface area contributed by atoms with Gasteiger partial charge in [-0.3, -0.25) is 4.79 Å². The molecule has 29 heavy (non-hydrogen) atoms. The number of hydrogen-bond acceptors (Lipinski definition) is 5. The normalized spacial score (nSPS) is 24.5. The van der Waals surface area contributed by atoms with Gasteiger partial charge in [-0.25, -0.2) is 0 Å². The highest BCUT2D eigenvalue weighted by Gasteiger charge is 2.36. The Morgan fingerprint density at radius 1 is 0.862 bits per heavy atom. The predicted molar refractivity (Wildman–Crippen MR) is 106 cm³/mol. The summed E-state index contributed by atoms with van der Waals surface area (Å²) in [5.74, 6) is 1.73. The Hall–Kier alpha value is -2.57. The Bertz CT molecular complexity index is 865. The Labute approximate surface area is 170 Å². The molecule has 0 unspecified atom stereocenters. The molecule has 6 nitrogen and oxygen atoms in total. The zero-order chi connectivity index (χ0) is 19.6. The van der Waals surface area contributed by atoms with Crippen LogP contribution < -0.4 is 9.47 Å². The van der Waals surface area contributed by atoms with E-state index in [4.69, 9.17) is 18.9 Å². The Morgan fingerprint density at radius 2 is 1.59 bits per heavy atom. The molecule has 2 saturated heterocycles. The van der Waals surface area contributed by atoms with Gasteiger partial charge < -0.3 is 23.8 Å². The maximum atomic E-state index is 13.3. The highest BCUT2D eigenvalue weighted by atomic mass is 16.7. The van der Waals surface area contributed by atoms with Crippen molar-refractivity contribution in [2.24, 2.45) is 5.92 Å². The highest BCUT2D eigenvalue weighted by Crippen LogP contribution is 2.39. The van der Waals surface area contributed by atoms with Crippen molar-refractivity contribution in [2.75, 3.05) is 33.1 Å². The average Bonchev–Trinajstić information content (AvgIpc) is 3.27. The molecule has 0 N–H and O–H groups in total. The van der Waals surface area contributed by atoms with Crippen LogP contribution in [0.1, 0.15) is 36.2 Å². The molecule has 5 rings (SSSR count). The van der Waals surface area contributed by atoms with Crippen molar-refractivity contribution in [2.45, 2.75) is 25.0 Å². The smallest absolute Gasteiger partial charge is 0.231 e. The van der Waals surface area contributed by atoms with Crippen LogP contribution in [0, 0.1) is 5.92 Å². The number of hydrogen-bond donors (Lipinski definition) is 0. The summed E-state index contributed by atoms with van der Waals surface area (Å²) in [6, 6.07) is 16.0. The predicted octanol–water partition coefficient (Wildman–Crippen LogP) is 3.48. The molecule has 0 bridgehead atoms. The molecule has 3 aliphatic rings. The molecule has 0 aliphatic carbocycles. The van der Waals surface area contributed by atoms with Crippen LogP contribution in [0.3, 0.4) is 0 Å². The number of ether oxygens (including phenoxy) is 4. The quantitative estimate of drug-likeness (QED) is 0.796. The fraction of sp³-hybridized carbons (Fsp3) is 0.435. The van der Waals surface area contributed by atoms with Crippen LogP contribution in [0.2, 0.25) is 0 Å². The number of benzene rings is 2. The highest BCUT2D eigenvalue weighted by molar-refractivity contribution is 5.79. The number of morpholine rings is 1. The molecule has 3 heterocycles. The average molecular weight is 395 g/mol. The third-order valence-corrected chi connectivity index (χ3v) is 5.92. The summed E-state index contributed by atoms with van der Waals surface area (Å²) in [4.78, 5) is 15.2. The van der Waals surface area contributed by atoms with Crippen LogP contribution in [0.4, 0.5) is 0 Å². The van der Waals surface area contributed by atoms with Crippen LogP contribution in [-0.2, 0) is 14.3 Å². The van der Waals surface area contributed by atoms with Gasteiger partial charge in [-0.15, -0.1) is 0 Å². The molecule has 0 spiro atoms. The van der Waals surface area contributed by atoms with Gasteiger partial charge in [-0.1, -0.05) is 36.4 Å². The van der Waals surface area contributed by atoms with Crippen molar-refractivity contribution in [3.05, 3.63) is 59.7 Å². The molecule has 0 saturated carbocycles. The molecular formula is C23H25NO5. The van der Waals surface area contributed by atoms with E-state index in [2.05, 4.69) is 12.1 Å². The lowest BCUT2D eigenvalue weighted by Gasteiger charge is -2.40. The minimum Gasteiger partial charge on any atom is -0.454 e. The van der Waals surface area contributed by atoms with Crippen molar-refractivity contribution in [3.8, 4) is 11.5 Å². The topological polar surface area (TPSA) is 57.2 Å². The van der Waals surface area contributed by atoms with Gasteiger partial charge in [-0.2, -0.15) is 0 Å². The van der Waals surface area contributed by atoms with E-state index >= 15 is 0 Å². The van der Waals surface area contributed by atoms with E-state index < -0.39 is 0 Å². The number of carbonyl (C=O) groups is 1. The van der Waals surface area contributed by atoms with Gasteiger partial charge in [0.05, 0.1) is 13.1 Å². The molecule has 2 fully saturated rings. The first kappa shape index (κ1) is 18.5. The Balaban J connectivity index is 1.42. The maximum absolute atomic E-state index is 13.3. The van der Waals surface area contributed by atoms with E-state index in [1.54, 1.807) is 0 Å². The van der Waals surface area contributed by atoms with E-state index in [-0.39, 0.29) is 30.8 Å². The summed E-state index contributed by atoms with van der Waals surface area (Å²) in [6.07, 6.45) is 1.21. The molecule has 0 aromatic heterocycles. The van der Waals surface area contributed by atoms with Gasteiger partial charge in [0.2, 0.25) is 12.7 Å². The number of nitrogens with zero attached hydrogens (tertiary/aromatic N) is 1. The fourth-order valence-corrected chi connectivity index (χ4v) is 4.29. The lowest BCUT2D eigenvalue weighted by molar-refractivity contribution is -0.153. The van der Waals surface area contributed by atoms with Crippen LogP contribution in [0.25, 0.3) is 0 Å². The number of fused-ring (bicyclic) bond motifs is 1. The molecule has 1 amide bonds. The number of rotatable bonds is 3. The molecule has 152 valence electrons. The molecular weight excluding hydrogens is 370 g/mol. The summed E-state index contributed by atoms with van der Waals surface area (Å²) in [6.45, 7) is 2.68. The lowest BCUT2D eigenvalue weighted by Crippen LogP contribution is -2.47.